The molecule has 0 bridgehead atoms. The van der Waals surface area contributed by atoms with E-state index in [0.29, 0.717) is 5.69 Å². The number of anilines is 1. The van der Waals surface area contributed by atoms with E-state index in [4.69, 9.17) is 0 Å². The second-order valence-electron chi connectivity index (χ2n) is 8.39. The largest absolute Gasteiger partial charge is 0.322 e. The van der Waals surface area contributed by atoms with E-state index in [9.17, 15) is 13.2 Å². The second-order valence-corrected chi connectivity index (χ2v) is 10.4. The van der Waals surface area contributed by atoms with Gasteiger partial charge in [0.1, 0.15) is 0 Å². The molecule has 0 spiro atoms. The highest BCUT2D eigenvalue weighted by Crippen LogP contribution is 2.23. The summed E-state index contributed by atoms with van der Waals surface area (Å²) >= 11 is 0. The Kier molecular flexibility index (Phi) is 6.48. The molecule has 2 N–H and O–H groups in total. The summed E-state index contributed by atoms with van der Waals surface area (Å²) in [6.07, 6.45) is 8.37. The van der Waals surface area contributed by atoms with Crippen molar-refractivity contribution in [3.8, 4) is 0 Å². The Bertz CT molecular complexity index is 1170. The minimum atomic E-state index is -3.48. The molecular weight excluding hydrogens is 422 g/mol. The fourth-order valence-corrected chi connectivity index (χ4v) is 5.38. The first-order valence-electron chi connectivity index (χ1n) is 10.9. The predicted molar refractivity (Wildman–Crippen MR) is 127 cm³/mol. The van der Waals surface area contributed by atoms with Crippen molar-refractivity contribution >= 4 is 21.6 Å². The molecule has 1 heterocycles. The van der Waals surface area contributed by atoms with E-state index < -0.39 is 9.84 Å². The molecule has 168 valence electrons. The van der Waals surface area contributed by atoms with E-state index in [1.807, 2.05) is 25.1 Å². The smallest absolute Gasteiger partial charge is 0.321 e. The SMILES string of the molecule is CC(C1=CCCC=C1)N(C)C(=O)Nc1ccc(S(=O)(=O)Cc2ccc3c(c2)CNC3)cc1. The van der Waals surface area contributed by atoms with E-state index >= 15 is 0 Å². The van der Waals surface area contributed by atoms with Crippen LogP contribution in [0.2, 0.25) is 0 Å². The van der Waals surface area contributed by atoms with Crippen LogP contribution in [-0.4, -0.2) is 32.4 Å². The van der Waals surface area contributed by atoms with Crippen LogP contribution in [0.15, 0.2) is 71.2 Å². The molecule has 0 saturated heterocycles. The summed E-state index contributed by atoms with van der Waals surface area (Å²) in [5.41, 5.74) is 4.85. The zero-order valence-electron chi connectivity index (χ0n) is 18.5. The molecule has 1 aliphatic heterocycles. The van der Waals surface area contributed by atoms with Crippen LogP contribution in [-0.2, 0) is 28.7 Å². The molecule has 4 rings (SSSR count). The second kappa shape index (κ2) is 9.30. The molecule has 0 aromatic heterocycles. The van der Waals surface area contributed by atoms with Crippen molar-refractivity contribution in [2.75, 3.05) is 12.4 Å². The van der Waals surface area contributed by atoms with Crippen LogP contribution in [0, 0.1) is 0 Å². The van der Waals surface area contributed by atoms with Crippen LogP contribution in [0.5, 0.6) is 0 Å². The van der Waals surface area contributed by atoms with Gasteiger partial charge in [-0.15, -0.1) is 0 Å². The third kappa shape index (κ3) is 4.95. The third-order valence-corrected chi connectivity index (χ3v) is 7.83. The molecule has 7 heteroatoms. The average Bonchev–Trinajstić information content (AvgIpc) is 3.26. The lowest BCUT2D eigenvalue weighted by atomic mass is 10.0. The van der Waals surface area contributed by atoms with E-state index in [1.54, 1.807) is 36.2 Å². The number of nitrogens with one attached hydrogen (secondary N) is 2. The maximum atomic E-state index is 12.9. The number of carbonyl (C=O) groups is 1. The van der Waals surface area contributed by atoms with Crippen molar-refractivity contribution in [3.63, 3.8) is 0 Å². The van der Waals surface area contributed by atoms with Gasteiger partial charge in [0.25, 0.3) is 0 Å². The lowest BCUT2D eigenvalue weighted by molar-refractivity contribution is 0.214. The Balaban J connectivity index is 1.40. The van der Waals surface area contributed by atoms with E-state index in [1.165, 1.54) is 5.56 Å². The standard InChI is InChI=1S/C25H29N3O3S/c1-18(20-6-4-3-5-7-20)28(2)25(29)27-23-10-12-24(13-11-23)32(30,31)17-19-8-9-21-15-26-16-22(21)14-19/h4,6-14,18,26H,3,5,15-17H2,1-2H3,(H,27,29). The number of likely N-dealkylation sites (N-methyl/N-ethyl adjacent to an activating group) is 1. The fourth-order valence-electron chi connectivity index (χ4n) is 4.04. The summed E-state index contributed by atoms with van der Waals surface area (Å²) in [6.45, 7) is 3.60. The van der Waals surface area contributed by atoms with Crippen LogP contribution >= 0.6 is 0 Å². The van der Waals surface area contributed by atoms with Gasteiger partial charge in [-0.1, -0.05) is 36.4 Å². The number of benzene rings is 2. The first-order valence-corrected chi connectivity index (χ1v) is 12.5. The zero-order valence-corrected chi connectivity index (χ0v) is 19.3. The minimum absolute atomic E-state index is 0.0468. The van der Waals surface area contributed by atoms with Gasteiger partial charge in [0.2, 0.25) is 0 Å². The molecule has 32 heavy (non-hydrogen) atoms. The van der Waals surface area contributed by atoms with Gasteiger partial charge < -0.3 is 15.5 Å². The van der Waals surface area contributed by atoms with Gasteiger partial charge in [-0.25, -0.2) is 13.2 Å². The summed E-state index contributed by atoms with van der Waals surface area (Å²) in [7, 11) is -1.72. The molecule has 6 nitrogen and oxygen atoms in total. The molecule has 1 atom stereocenters. The van der Waals surface area contributed by atoms with Crippen molar-refractivity contribution in [2.45, 2.75) is 49.5 Å². The Morgan fingerprint density at radius 2 is 1.84 bits per heavy atom. The van der Waals surface area contributed by atoms with Gasteiger partial charge in [0.05, 0.1) is 16.7 Å². The first kappa shape index (κ1) is 22.3. The first-order chi connectivity index (χ1) is 15.3. The van der Waals surface area contributed by atoms with Crippen LogP contribution in [0.3, 0.4) is 0 Å². The molecule has 2 aromatic rings. The minimum Gasteiger partial charge on any atom is -0.321 e. The monoisotopic (exact) mass is 451 g/mol. The molecule has 2 amide bonds. The number of nitrogens with zero attached hydrogens (tertiary/aromatic N) is 1. The Morgan fingerprint density at radius 1 is 1.09 bits per heavy atom. The summed E-state index contributed by atoms with van der Waals surface area (Å²) in [5.74, 6) is -0.0468. The fraction of sp³-hybridized carbons (Fsp3) is 0.320. The van der Waals surface area contributed by atoms with Gasteiger partial charge in [0, 0.05) is 25.8 Å². The highest BCUT2D eigenvalue weighted by molar-refractivity contribution is 7.90. The Morgan fingerprint density at radius 3 is 2.56 bits per heavy atom. The number of allylic oxidation sites excluding steroid dienone is 2. The van der Waals surface area contributed by atoms with Gasteiger partial charge in [-0.05, 0) is 66.3 Å². The molecule has 1 aliphatic carbocycles. The summed E-state index contributed by atoms with van der Waals surface area (Å²) in [5, 5.41) is 6.12. The van der Waals surface area contributed by atoms with Crippen molar-refractivity contribution in [3.05, 3.63) is 83.0 Å². The average molecular weight is 452 g/mol. The van der Waals surface area contributed by atoms with Gasteiger partial charge in [-0.3, -0.25) is 0 Å². The number of rotatable bonds is 6. The third-order valence-electron chi connectivity index (χ3n) is 6.13. The van der Waals surface area contributed by atoms with Crippen molar-refractivity contribution < 1.29 is 13.2 Å². The van der Waals surface area contributed by atoms with Crippen molar-refractivity contribution in [1.82, 2.24) is 10.2 Å². The number of hydrogen-bond acceptors (Lipinski definition) is 4. The lowest BCUT2D eigenvalue weighted by Gasteiger charge is -2.27. The van der Waals surface area contributed by atoms with Crippen molar-refractivity contribution in [1.29, 1.82) is 0 Å². The Labute approximate surface area is 189 Å². The van der Waals surface area contributed by atoms with E-state index in [-0.39, 0.29) is 22.7 Å². The van der Waals surface area contributed by atoms with Crippen LogP contribution < -0.4 is 10.6 Å². The molecular formula is C25H29N3O3S. The molecule has 1 unspecified atom stereocenters. The number of amides is 2. The number of urea groups is 1. The van der Waals surface area contributed by atoms with Gasteiger partial charge >= 0.3 is 6.03 Å². The van der Waals surface area contributed by atoms with Crippen LogP contribution in [0.1, 0.15) is 36.5 Å². The number of sulfone groups is 1. The highest BCUT2D eigenvalue weighted by Gasteiger charge is 2.20. The highest BCUT2D eigenvalue weighted by atomic mass is 32.2. The van der Waals surface area contributed by atoms with Gasteiger partial charge in [0.15, 0.2) is 9.84 Å². The maximum Gasteiger partial charge on any atom is 0.322 e. The topological polar surface area (TPSA) is 78.5 Å². The van der Waals surface area contributed by atoms with Gasteiger partial charge in [-0.2, -0.15) is 0 Å². The quantitative estimate of drug-likeness (QED) is 0.683. The zero-order chi connectivity index (χ0) is 22.7. The molecule has 0 fully saturated rings. The number of fused-ring (bicyclic) bond motifs is 1. The summed E-state index contributed by atoms with van der Waals surface area (Å²) in [4.78, 5) is 14.5. The summed E-state index contributed by atoms with van der Waals surface area (Å²) in [6, 6.07) is 11.9. The predicted octanol–water partition coefficient (Wildman–Crippen LogP) is 4.39. The normalized spacial score (nSPS) is 16.2. The van der Waals surface area contributed by atoms with Crippen LogP contribution in [0.4, 0.5) is 10.5 Å². The van der Waals surface area contributed by atoms with E-state index in [2.05, 4.69) is 28.9 Å². The number of carbonyl (C=O) groups excluding carboxylic acids is 1. The summed E-state index contributed by atoms with van der Waals surface area (Å²) < 4.78 is 25.8. The maximum absolute atomic E-state index is 12.9. The molecule has 2 aromatic carbocycles. The molecule has 2 aliphatic rings. The molecule has 0 radical (unpaired) electrons. The van der Waals surface area contributed by atoms with Crippen molar-refractivity contribution in [2.24, 2.45) is 0 Å². The number of hydrogen-bond donors (Lipinski definition) is 2. The lowest BCUT2D eigenvalue weighted by Crippen LogP contribution is -2.39. The van der Waals surface area contributed by atoms with Crippen LogP contribution in [0.25, 0.3) is 0 Å². The van der Waals surface area contributed by atoms with E-state index in [0.717, 1.165) is 42.6 Å². The Hall–Kier alpha value is -2.90. The molecule has 0 saturated carbocycles.